The van der Waals surface area contributed by atoms with Crippen molar-refractivity contribution in [3.05, 3.63) is 90.6 Å². The van der Waals surface area contributed by atoms with Gasteiger partial charge in [-0.1, -0.05) is 68.4 Å². The summed E-state index contributed by atoms with van der Waals surface area (Å²) in [4.78, 5) is 4.84. The molecule has 2 nitrogen and oxygen atoms in total. The topological polar surface area (TPSA) is 26.0 Å². The lowest BCUT2D eigenvalue weighted by atomic mass is 9.94. The fourth-order valence-electron chi connectivity index (χ4n) is 4.79. The average Bonchev–Trinajstić information content (AvgIpc) is 3.17. The molecule has 4 aromatic carbocycles. The van der Waals surface area contributed by atoms with Gasteiger partial charge in [-0.3, -0.25) is 4.98 Å². The molecule has 0 amide bonds. The van der Waals surface area contributed by atoms with Crippen molar-refractivity contribution in [3.8, 4) is 11.3 Å². The fourth-order valence-corrected chi connectivity index (χ4v) is 4.79. The van der Waals surface area contributed by atoms with Gasteiger partial charge < -0.3 is 4.42 Å². The van der Waals surface area contributed by atoms with Gasteiger partial charge in [0, 0.05) is 27.9 Å². The minimum Gasteiger partial charge on any atom is -0.456 e. The molecule has 0 saturated carbocycles. The SMILES string of the molecule is CC(C)Cc1cc(-c2nccc3c2ccc2ccccc23)cc2c1oc1ccccc12. The molecule has 0 radical (unpaired) electrons. The van der Waals surface area contributed by atoms with E-state index in [0.29, 0.717) is 5.92 Å². The Labute approximate surface area is 181 Å². The Hall–Kier alpha value is -3.65. The van der Waals surface area contributed by atoms with E-state index >= 15 is 0 Å². The second-order valence-electron chi connectivity index (χ2n) is 8.75. The molecule has 0 spiro atoms. The summed E-state index contributed by atoms with van der Waals surface area (Å²) in [6.07, 6.45) is 2.90. The summed E-state index contributed by atoms with van der Waals surface area (Å²) in [7, 11) is 0. The number of pyridine rings is 1. The van der Waals surface area contributed by atoms with Gasteiger partial charge in [0.25, 0.3) is 0 Å². The van der Waals surface area contributed by atoms with Crippen LogP contribution in [0.1, 0.15) is 19.4 Å². The highest BCUT2D eigenvalue weighted by Gasteiger charge is 2.16. The maximum Gasteiger partial charge on any atom is 0.138 e. The van der Waals surface area contributed by atoms with Crippen LogP contribution in [0.2, 0.25) is 0 Å². The normalized spacial score (nSPS) is 12.0. The number of hydrogen-bond donors (Lipinski definition) is 0. The number of para-hydroxylation sites is 1. The molecule has 150 valence electrons. The Balaban J connectivity index is 1.68. The van der Waals surface area contributed by atoms with E-state index in [-0.39, 0.29) is 0 Å². The molecule has 6 aromatic rings. The predicted molar refractivity (Wildman–Crippen MR) is 131 cm³/mol. The molecule has 0 N–H and O–H groups in total. The van der Waals surface area contributed by atoms with Crippen molar-refractivity contribution in [1.29, 1.82) is 0 Å². The Morgan fingerprint density at radius 3 is 2.42 bits per heavy atom. The summed E-state index contributed by atoms with van der Waals surface area (Å²) >= 11 is 0. The fraction of sp³-hybridized carbons (Fsp3) is 0.138. The number of aromatic nitrogens is 1. The van der Waals surface area contributed by atoms with Crippen LogP contribution in [0.15, 0.2) is 89.5 Å². The van der Waals surface area contributed by atoms with Crippen LogP contribution in [0.3, 0.4) is 0 Å². The van der Waals surface area contributed by atoms with Gasteiger partial charge in [0.2, 0.25) is 0 Å². The molecular weight excluding hydrogens is 378 g/mol. The molecule has 31 heavy (non-hydrogen) atoms. The smallest absolute Gasteiger partial charge is 0.138 e. The summed E-state index contributed by atoms with van der Waals surface area (Å²) < 4.78 is 6.30. The lowest BCUT2D eigenvalue weighted by Gasteiger charge is -2.12. The van der Waals surface area contributed by atoms with Crippen LogP contribution in [0, 0.1) is 5.92 Å². The number of furan rings is 1. The third kappa shape index (κ3) is 2.90. The summed E-state index contributed by atoms with van der Waals surface area (Å²) in [6, 6.07) is 27.9. The average molecular weight is 402 g/mol. The van der Waals surface area contributed by atoms with Gasteiger partial charge >= 0.3 is 0 Å². The van der Waals surface area contributed by atoms with Crippen LogP contribution >= 0.6 is 0 Å². The van der Waals surface area contributed by atoms with Crippen LogP contribution in [0.25, 0.3) is 54.7 Å². The first kappa shape index (κ1) is 18.1. The van der Waals surface area contributed by atoms with Crippen molar-refractivity contribution in [2.45, 2.75) is 20.3 Å². The van der Waals surface area contributed by atoms with E-state index in [9.17, 15) is 0 Å². The third-order valence-corrected chi connectivity index (χ3v) is 6.13. The van der Waals surface area contributed by atoms with Gasteiger partial charge in [-0.25, -0.2) is 0 Å². The summed E-state index contributed by atoms with van der Waals surface area (Å²) in [6.45, 7) is 4.51. The molecular formula is C29H23NO. The Morgan fingerprint density at radius 1 is 0.742 bits per heavy atom. The number of nitrogens with zero attached hydrogens (tertiary/aromatic N) is 1. The quantitative estimate of drug-likeness (QED) is 0.280. The first-order chi connectivity index (χ1) is 15.2. The monoisotopic (exact) mass is 401 g/mol. The molecule has 0 saturated heterocycles. The molecule has 0 atom stereocenters. The highest BCUT2D eigenvalue weighted by atomic mass is 16.3. The lowest BCUT2D eigenvalue weighted by Crippen LogP contribution is -1.96. The van der Waals surface area contributed by atoms with E-state index in [2.05, 4.69) is 86.6 Å². The summed E-state index contributed by atoms with van der Waals surface area (Å²) in [5, 5.41) is 7.28. The molecule has 6 rings (SSSR count). The zero-order valence-electron chi connectivity index (χ0n) is 17.7. The van der Waals surface area contributed by atoms with E-state index in [4.69, 9.17) is 9.40 Å². The van der Waals surface area contributed by atoms with Gasteiger partial charge in [-0.05, 0) is 58.3 Å². The highest BCUT2D eigenvalue weighted by molar-refractivity contribution is 6.13. The van der Waals surface area contributed by atoms with Gasteiger partial charge in [-0.2, -0.15) is 0 Å². The number of benzene rings is 4. The van der Waals surface area contributed by atoms with E-state index < -0.39 is 0 Å². The minimum atomic E-state index is 0.538. The lowest BCUT2D eigenvalue weighted by molar-refractivity contribution is 0.624. The van der Waals surface area contributed by atoms with E-state index in [1.165, 1.54) is 32.5 Å². The molecule has 0 bridgehead atoms. The van der Waals surface area contributed by atoms with Crippen molar-refractivity contribution >= 4 is 43.5 Å². The van der Waals surface area contributed by atoms with Crippen molar-refractivity contribution in [1.82, 2.24) is 4.98 Å². The number of hydrogen-bond acceptors (Lipinski definition) is 2. The van der Waals surface area contributed by atoms with Crippen molar-refractivity contribution in [2.24, 2.45) is 5.92 Å². The van der Waals surface area contributed by atoms with E-state index in [1.54, 1.807) is 0 Å². The maximum atomic E-state index is 6.30. The Morgan fingerprint density at radius 2 is 1.55 bits per heavy atom. The molecule has 0 aliphatic carbocycles. The van der Waals surface area contributed by atoms with Crippen LogP contribution in [-0.4, -0.2) is 4.98 Å². The zero-order chi connectivity index (χ0) is 20.9. The standard InChI is InChI=1S/C29H23NO/c1-18(2)15-21-16-20(17-26-24-9-5-6-10-27(24)31-29(21)26)28-25-12-11-19-7-3-4-8-22(19)23(25)13-14-30-28/h3-14,16-18H,15H2,1-2H3. The minimum absolute atomic E-state index is 0.538. The van der Waals surface area contributed by atoms with E-state index in [0.717, 1.165) is 34.2 Å². The van der Waals surface area contributed by atoms with Gasteiger partial charge in [-0.15, -0.1) is 0 Å². The van der Waals surface area contributed by atoms with Gasteiger partial charge in [0.1, 0.15) is 11.2 Å². The molecule has 2 heterocycles. The van der Waals surface area contributed by atoms with Gasteiger partial charge in [0.05, 0.1) is 5.69 Å². The zero-order valence-corrected chi connectivity index (χ0v) is 17.7. The van der Waals surface area contributed by atoms with Crippen molar-refractivity contribution in [3.63, 3.8) is 0 Å². The van der Waals surface area contributed by atoms with Gasteiger partial charge in [0.15, 0.2) is 0 Å². The van der Waals surface area contributed by atoms with E-state index in [1.807, 2.05) is 12.3 Å². The first-order valence-electron chi connectivity index (χ1n) is 10.9. The third-order valence-electron chi connectivity index (χ3n) is 6.13. The molecule has 0 aliphatic heterocycles. The molecule has 0 fully saturated rings. The van der Waals surface area contributed by atoms with Crippen LogP contribution in [0.5, 0.6) is 0 Å². The van der Waals surface area contributed by atoms with Crippen molar-refractivity contribution < 1.29 is 4.42 Å². The first-order valence-corrected chi connectivity index (χ1v) is 10.9. The second kappa shape index (κ2) is 6.95. The molecule has 0 unspecified atom stereocenters. The predicted octanol–water partition coefficient (Wildman–Crippen LogP) is 8.15. The number of fused-ring (bicyclic) bond motifs is 6. The summed E-state index contributed by atoms with van der Waals surface area (Å²) in [5.74, 6) is 0.538. The molecule has 2 aromatic heterocycles. The van der Waals surface area contributed by atoms with Crippen LogP contribution in [-0.2, 0) is 6.42 Å². The Bertz CT molecular complexity index is 1590. The van der Waals surface area contributed by atoms with Crippen molar-refractivity contribution in [2.75, 3.05) is 0 Å². The number of rotatable bonds is 3. The molecule has 0 aliphatic rings. The molecule has 2 heteroatoms. The Kier molecular flexibility index (Phi) is 4.07. The highest BCUT2D eigenvalue weighted by Crippen LogP contribution is 2.38. The summed E-state index contributed by atoms with van der Waals surface area (Å²) in [5.41, 5.74) is 5.37. The van der Waals surface area contributed by atoms with Crippen LogP contribution in [0.4, 0.5) is 0 Å². The second-order valence-corrected chi connectivity index (χ2v) is 8.75. The largest absolute Gasteiger partial charge is 0.456 e. The maximum absolute atomic E-state index is 6.30. The van der Waals surface area contributed by atoms with Crippen LogP contribution < -0.4 is 0 Å².